The number of carboxylic acid groups (broad SMARTS) is 1. The quantitative estimate of drug-likeness (QED) is 0.304. The van der Waals surface area contributed by atoms with Crippen molar-refractivity contribution in [2.24, 2.45) is 0 Å². The molecule has 1 atom stereocenters. The third kappa shape index (κ3) is 5.90. The first-order valence-electron chi connectivity index (χ1n) is 12.0. The average Bonchev–Trinajstić information content (AvgIpc) is 3.40. The van der Waals surface area contributed by atoms with Gasteiger partial charge in [0.25, 0.3) is 5.91 Å². The monoisotopic (exact) mass is 530 g/mol. The summed E-state index contributed by atoms with van der Waals surface area (Å²) in [4.78, 5) is 28.1. The molecule has 2 N–H and O–H groups in total. The molecule has 4 aromatic rings. The molecule has 0 radical (unpaired) electrons. The lowest BCUT2D eigenvalue weighted by atomic mass is 10.0. The molecule has 0 fully saturated rings. The molecule has 9 nitrogen and oxygen atoms in total. The van der Waals surface area contributed by atoms with Crippen LogP contribution in [0.4, 0.5) is 4.39 Å². The van der Waals surface area contributed by atoms with E-state index in [9.17, 15) is 14.0 Å². The second-order valence-electron chi connectivity index (χ2n) is 8.59. The van der Waals surface area contributed by atoms with Gasteiger partial charge in [-0.3, -0.25) is 4.79 Å². The fourth-order valence-electron chi connectivity index (χ4n) is 3.83. The number of carbonyl (C=O) groups is 2. The van der Waals surface area contributed by atoms with Gasteiger partial charge in [-0.1, -0.05) is 24.3 Å². The van der Waals surface area contributed by atoms with Gasteiger partial charge in [-0.2, -0.15) is 0 Å². The van der Waals surface area contributed by atoms with Crippen molar-refractivity contribution in [3.63, 3.8) is 0 Å². The van der Waals surface area contributed by atoms with Crippen molar-refractivity contribution < 1.29 is 38.0 Å². The summed E-state index contributed by atoms with van der Waals surface area (Å²) >= 11 is 0. The second kappa shape index (κ2) is 11.1. The molecule has 1 aliphatic rings. The van der Waals surface area contributed by atoms with Crippen LogP contribution < -0.4 is 24.3 Å². The van der Waals surface area contributed by atoms with Crippen LogP contribution in [0.5, 0.6) is 28.9 Å². The average molecular weight is 531 g/mol. The van der Waals surface area contributed by atoms with Crippen LogP contribution in [-0.4, -0.2) is 34.9 Å². The van der Waals surface area contributed by atoms with E-state index in [2.05, 4.69) is 10.3 Å². The Labute approximate surface area is 222 Å². The van der Waals surface area contributed by atoms with Gasteiger partial charge >= 0.3 is 5.97 Å². The van der Waals surface area contributed by atoms with Crippen molar-refractivity contribution in [2.45, 2.75) is 19.6 Å². The number of halogens is 1. The predicted octanol–water partition coefficient (Wildman–Crippen LogP) is 5.19. The van der Waals surface area contributed by atoms with Crippen LogP contribution in [0.1, 0.15) is 22.8 Å². The molecule has 3 aromatic carbocycles. The van der Waals surface area contributed by atoms with E-state index in [-0.39, 0.29) is 36.4 Å². The Hall–Kier alpha value is -5.12. The number of nitrogens with zero attached hydrogens (tertiary/aromatic N) is 1. The van der Waals surface area contributed by atoms with Crippen LogP contribution in [0.3, 0.4) is 0 Å². The minimum Gasteiger partial charge on any atom is -0.479 e. The van der Waals surface area contributed by atoms with Gasteiger partial charge in [0.15, 0.2) is 17.6 Å². The van der Waals surface area contributed by atoms with Crippen LogP contribution in [-0.2, 0) is 11.3 Å². The smallest absolute Gasteiger partial charge is 0.344 e. The Morgan fingerprint density at radius 3 is 2.56 bits per heavy atom. The van der Waals surface area contributed by atoms with Crippen LogP contribution in [0, 0.1) is 5.82 Å². The Morgan fingerprint density at radius 1 is 1.03 bits per heavy atom. The molecular weight excluding hydrogens is 507 g/mol. The zero-order chi connectivity index (χ0) is 27.4. The highest BCUT2D eigenvalue weighted by molar-refractivity contribution is 5.96. The van der Waals surface area contributed by atoms with Crippen molar-refractivity contribution in [3.8, 4) is 40.0 Å². The summed E-state index contributed by atoms with van der Waals surface area (Å²) in [5, 5.41) is 11.8. The summed E-state index contributed by atoms with van der Waals surface area (Å²) in [5.74, 6) is -0.170. The Bertz CT molecular complexity index is 1520. The van der Waals surface area contributed by atoms with Crippen LogP contribution in [0.2, 0.25) is 0 Å². The lowest BCUT2D eigenvalue weighted by Gasteiger charge is -2.12. The highest BCUT2D eigenvalue weighted by atomic mass is 19.1. The highest BCUT2D eigenvalue weighted by Crippen LogP contribution is 2.36. The van der Waals surface area contributed by atoms with E-state index in [1.807, 2.05) is 0 Å². The fraction of sp³-hybridized carbons (Fsp3) is 0.138. The third-order valence-corrected chi connectivity index (χ3v) is 5.89. The molecule has 0 saturated heterocycles. The summed E-state index contributed by atoms with van der Waals surface area (Å²) < 4.78 is 36.4. The Balaban J connectivity index is 1.22. The maximum atomic E-state index is 14.7. The first-order valence-corrected chi connectivity index (χ1v) is 12.0. The van der Waals surface area contributed by atoms with Crippen LogP contribution in [0.25, 0.3) is 11.1 Å². The molecule has 0 saturated carbocycles. The maximum absolute atomic E-state index is 14.7. The number of aliphatic carboxylic acids is 1. The highest BCUT2D eigenvalue weighted by Gasteiger charge is 2.18. The number of nitrogens with one attached hydrogen (secondary N) is 1. The molecular formula is C29H23FN2O7. The molecule has 1 amide bonds. The van der Waals surface area contributed by atoms with Gasteiger partial charge < -0.3 is 29.4 Å². The van der Waals surface area contributed by atoms with Crippen LogP contribution >= 0.6 is 0 Å². The maximum Gasteiger partial charge on any atom is 0.344 e. The van der Waals surface area contributed by atoms with Crippen LogP contribution in [0.15, 0.2) is 79.0 Å². The molecule has 1 aliphatic heterocycles. The lowest BCUT2D eigenvalue weighted by Crippen LogP contribution is -2.23. The van der Waals surface area contributed by atoms with Gasteiger partial charge in [-0.25, -0.2) is 14.2 Å². The van der Waals surface area contributed by atoms with Gasteiger partial charge in [-0.15, -0.1) is 0 Å². The van der Waals surface area contributed by atoms with E-state index in [0.717, 1.165) is 11.6 Å². The van der Waals surface area contributed by atoms with Crippen molar-refractivity contribution >= 4 is 11.9 Å². The molecule has 1 aromatic heterocycles. The van der Waals surface area contributed by atoms with E-state index in [0.29, 0.717) is 28.4 Å². The van der Waals surface area contributed by atoms with E-state index in [4.69, 9.17) is 24.1 Å². The van der Waals surface area contributed by atoms with Crippen molar-refractivity contribution in [1.29, 1.82) is 0 Å². The number of benzene rings is 3. The summed E-state index contributed by atoms with van der Waals surface area (Å²) in [6.07, 6.45) is 0.435. The molecule has 1 unspecified atom stereocenters. The number of hydrogen-bond donors (Lipinski definition) is 2. The molecule has 39 heavy (non-hydrogen) atoms. The zero-order valence-electron chi connectivity index (χ0n) is 20.7. The predicted molar refractivity (Wildman–Crippen MR) is 138 cm³/mol. The SMILES string of the molecule is CC(Oc1ccc(-c2ccc(CNC(=O)c3cccnc3Oc3ccc4c(c3)OCO4)cc2)c(F)c1)C(=O)O. The third-order valence-electron chi connectivity index (χ3n) is 5.89. The minimum atomic E-state index is -1.14. The first-order chi connectivity index (χ1) is 18.9. The standard InChI is InChI=1S/C29H23FN2O7/c1-17(29(34)35)38-20-8-10-22(24(30)13-20)19-6-4-18(5-7-19)15-32-27(33)23-3-2-12-31-28(23)39-21-9-11-25-26(14-21)37-16-36-25/h2-14,17H,15-16H2,1H3,(H,32,33)(H,34,35). The second-order valence-corrected chi connectivity index (χ2v) is 8.59. The summed E-state index contributed by atoms with van der Waals surface area (Å²) in [5.41, 5.74) is 2.01. The van der Waals surface area contributed by atoms with Gasteiger partial charge in [-0.05, 0) is 54.4 Å². The van der Waals surface area contributed by atoms with Gasteiger partial charge in [0.05, 0.1) is 0 Å². The number of amides is 1. The molecule has 0 bridgehead atoms. The van der Waals surface area contributed by atoms with Gasteiger partial charge in [0.2, 0.25) is 12.7 Å². The summed E-state index contributed by atoms with van der Waals surface area (Å²) in [6, 6.07) is 19.6. The number of aromatic nitrogens is 1. The molecule has 10 heteroatoms. The van der Waals surface area contributed by atoms with E-state index in [1.54, 1.807) is 54.6 Å². The Kier molecular flexibility index (Phi) is 7.26. The molecule has 5 rings (SSSR count). The van der Waals surface area contributed by atoms with E-state index >= 15 is 0 Å². The van der Waals surface area contributed by atoms with Crippen molar-refractivity contribution in [2.75, 3.05) is 6.79 Å². The summed E-state index contributed by atoms with van der Waals surface area (Å²) in [6.45, 7) is 1.73. The number of carboxylic acids is 1. The van der Waals surface area contributed by atoms with Crippen molar-refractivity contribution in [3.05, 3.63) is 95.9 Å². The first kappa shape index (κ1) is 25.5. The zero-order valence-corrected chi connectivity index (χ0v) is 20.7. The normalized spacial score (nSPS) is 12.5. The van der Waals surface area contributed by atoms with E-state index in [1.165, 1.54) is 25.3 Å². The minimum absolute atomic E-state index is 0.128. The summed E-state index contributed by atoms with van der Waals surface area (Å²) in [7, 11) is 0. The molecule has 0 spiro atoms. The topological polar surface area (TPSA) is 116 Å². The number of hydrogen-bond acceptors (Lipinski definition) is 7. The van der Waals surface area contributed by atoms with E-state index < -0.39 is 17.9 Å². The number of ether oxygens (including phenoxy) is 4. The largest absolute Gasteiger partial charge is 0.479 e. The number of pyridine rings is 1. The van der Waals surface area contributed by atoms with Gasteiger partial charge in [0, 0.05) is 30.4 Å². The number of carbonyl (C=O) groups excluding carboxylic acids is 1. The van der Waals surface area contributed by atoms with Crippen molar-refractivity contribution in [1.82, 2.24) is 10.3 Å². The fourth-order valence-corrected chi connectivity index (χ4v) is 3.83. The lowest BCUT2D eigenvalue weighted by molar-refractivity contribution is -0.144. The molecule has 2 heterocycles. The molecule has 198 valence electrons. The number of fused-ring (bicyclic) bond motifs is 1. The Morgan fingerprint density at radius 2 is 1.79 bits per heavy atom. The number of rotatable bonds is 9. The van der Waals surface area contributed by atoms with Gasteiger partial charge in [0.1, 0.15) is 22.9 Å². The molecule has 0 aliphatic carbocycles.